The highest BCUT2D eigenvalue weighted by molar-refractivity contribution is 5.38. The van der Waals surface area contributed by atoms with Crippen molar-refractivity contribution in [1.29, 1.82) is 0 Å². The highest BCUT2D eigenvalue weighted by Crippen LogP contribution is 2.25. The lowest BCUT2D eigenvalue weighted by atomic mass is 10.0. The van der Waals surface area contributed by atoms with Crippen LogP contribution in [0.4, 0.5) is 0 Å². The van der Waals surface area contributed by atoms with Crippen LogP contribution in [0, 0.1) is 6.92 Å². The van der Waals surface area contributed by atoms with Crippen LogP contribution >= 0.6 is 0 Å². The van der Waals surface area contributed by atoms with Crippen molar-refractivity contribution in [3.05, 3.63) is 36.2 Å². The molecule has 0 atom stereocenters. The Bertz CT molecular complexity index is 304. The van der Waals surface area contributed by atoms with Crippen LogP contribution < -0.4 is 4.74 Å². The Morgan fingerprint density at radius 1 is 1.36 bits per heavy atom. The van der Waals surface area contributed by atoms with Crippen LogP contribution in [0.25, 0.3) is 0 Å². The summed E-state index contributed by atoms with van der Waals surface area (Å²) < 4.78 is 5.57. The molecule has 0 N–H and O–H groups in total. The van der Waals surface area contributed by atoms with Crippen molar-refractivity contribution < 1.29 is 4.74 Å². The molecule has 0 fully saturated rings. The fourth-order valence-electron chi connectivity index (χ4n) is 1.90. The molecule has 0 bridgehead atoms. The highest BCUT2D eigenvalue weighted by Gasteiger charge is 2.09. The summed E-state index contributed by atoms with van der Waals surface area (Å²) in [4.78, 5) is 0. The number of ether oxygens (including phenoxy) is 1. The van der Waals surface area contributed by atoms with Crippen LogP contribution in [0.15, 0.2) is 18.2 Å². The monoisotopic (exact) mass is 189 g/mol. The number of hydrogen-bond acceptors (Lipinski definition) is 1. The summed E-state index contributed by atoms with van der Waals surface area (Å²) in [6.07, 6.45) is 5.68. The molecule has 0 aliphatic carbocycles. The van der Waals surface area contributed by atoms with Gasteiger partial charge in [-0.25, -0.2) is 0 Å². The van der Waals surface area contributed by atoms with Gasteiger partial charge in [0.05, 0.1) is 6.61 Å². The zero-order valence-electron chi connectivity index (χ0n) is 8.59. The molecule has 1 radical (unpaired) electrons. The Kier molecular flexibility index (Phi) is 3.07. The third-order valence-electron chi connectivity index (χ3n) is 2.69. The molecule has 1 nitrogen and oxygen atoms in total. The normalized spacial score (nSPS) is 14.6. The van der Waals surface area contributed by atoms with E-state index in [1.165, 1.54) is 24.0 Å². The van der Waals surface area contributed by atoms with Crippen LogP contribution in [0.1, 0.15) is 30.4 Å². The Morgan fingerprint density at radius 3 is 3.14 bits per heavy atom. The third kappa shape index (κ3) is 2.09. The lowest BCUT2D eigenvalue weighted by molar-refractivity contribution is 0.288. The van der Waals surface area contributed by atoms with Crippen molar-refractivity contribution in [1.82, 2.24) is 0 Å². The van der Waals surface area contributed by atoms with Gasteiger partial charge in [-0.1, -0.05) is 25.5 Å². The number of benzene rings is 1. The fourth-order valence-corrected chi connectivity index (χ4v) is 1.90. The van der Waals surface area contributed by atoms with Gasteiger partial charge < -0.3 is 4.74 Å². The van der Waals surface area contributed by atoms with Crippen LogP contribution in [0.3, 0.4) is 0 Å². The summed E-state index contributed by atoms with van der Waals surface area (Å²) in [6.45, 7) is 4.74. The molecule has 75 valence electrons. The van der Waals surface area contributed by atoms with Gasteiger partial charge in [0, 0.05) is 0 Å². The van der Waals surface area contributed by atoms with Crippen LogP contribution in [-0.2, 0) is 12.8 Å². The second-order valence-corrected chi connectivity index (χ2v) is 3.85. The van der Waals surface area contributed by atoms with Crippen molar-refractivity contribution in [3.8, 4) is 5.75 Å². The van der Waals surface area contributed by atoms with Gasteiger partial charge in [0.15, 0.2) is 0 Å². The quantitative estimate of drug-likeness (QED) is 0.709. The maximum absolute atomic E-state index is 5.57. The minimum atomic E-state index is 0.880. The largest absolute Gasteiger partial charge is 0.493 e. The minimum absolute atomic E-state index is 0.880. The SMILES string of the molecule is [CH2]CCCc1ccc2c(c1)CCCO2. The van der Waals surface area contributed by atoms with Gasteiger partial charge in [-0.2, -0.15) is 0 Å². The second kappa shape index (κ2) is 4.50. The average Bonchev–Trinajstić information content (AvgIpc) is 2.26. The molecule has 0 spiro atoms. The first-order chi connectivity index (χ1) is 6.90. The first-order valence-electron chi connectivity index (χ1n) is 5.44. The maximum atomic E-state index is 5.57. The Hall–Kier alpha value is -0.980. The van der Waals surface area contributed by atoms with Gasteiger partial charge in [-0.3, -0.25) is 0 Å². The van der Waals surface area contributed by atoms with Crippen molar-refractivity contribution in [2.75, 3.05) is 6.61 Å². The van der Waals surface area contributed by atoms with Gasteiger partial charge in [0.1, 0.15) is 5.75 Å². The fraction of sp³-hybridized carbons (Fsp3) is 0.462. The number of fused-ring (bicyclic) bond motifs is 1. The molecule has 2 rings (SSSR count). The van der Waals surface area contributed by atoms with E-state index in [1.54, 1.807) is 0 Å². The van der Waals surface area contributed by atoms with E-state index >= 15 is 0 Å². The lowest BCUT2D eigenvalue weighted by Gasteiger charge is -2.17. The van der Waals surface area contributed by atoms with Gasteiger partial charge >= 0.3 is 0 Å². The van der Waals surface area contributed by atoms with E-state index in [9.17, 15) is 0 Å². The standard InChI is InChI=1S/C13H17O/c1-2-3-5-11-7-8-13-12(10-11)6-4-9-14-13/h7-8,10H,1-6,9H2. The van der Waals surface area contributed by atoms with Crippen LogP contribution in [0.2, 0.25) is 0 Å². The summed E-state index contributed by atoms with van der Waals surface area (Å²) in [5.74, 6) is 1.09. The van der Waals surface area contributed by atoms with Gasteiger partial charge in [-0.15, -0.1) is 0 Å². The van der Waals surface area contributed by atoms with E-state index in [2.05, 4.69) is 25.1 Å². The van der Waals surface area contributed by atoms with Crippen LogP contribution in [-0.4, -0.2) is 6.61 Å². The molecule has 0 saturated heterocycles. The predicted molar refractivity (Wildman–Crippen MR) is 58.6 cm³/mol. The van der Waals surface area contributed by atoms with Crippen LogP contribution in [0.5, 0.6) is 5.75 Å². The van der Waals surface area contributed by atoms with Gasteiger partial charge in [0.25, 0.3) is 0 Å². The first-order valence-corrected chi connectivity index (χ1v) is 5.44. The molecule has 0 unspecified atom stereocenters. The molecule has 1 aromatic rings. The van der Waals surface area contributed by atoms with Crippen molar-refractivity contribution in [3.63, 3.8) is 0 Å². The molecular weight excluding hydrogens is 172 g/mol. The summed E-state index contributed by atoms with van der Waals surface area (Å²) in [5, 5.41) is 0. The molecule has 1 heteroatoms. The molecule has 14 heavy (non-hydrogen) atoms. The minimum Gasteiger partial charge on any atom is -0.493 e. The zero-order chi connectivity index (χ0) is 9.80. The number of unbranched alkanes of at least 4 members (excludes halogenated alkanes) is 1. The van der Waals surface area contributed by atoms with Crippen molar-refractivity contribution in [2.45, 2.75) is 32.1 Å². The smallest absolute Gasteiger partial charge is 0.122 e. The summed E-state index contributed by atoms with van der Waals surface area (Å²) >= 11 is 0. The van der Waals surface area contributed by atoms with E-state index in [0.29, 0.717) is 0 Å². The lowest BCUT2D eigenvalue weighted by Crippen LogP contribution is -2.08. The van der Waals surface area contributed by atoms with Crippen molar-refractivity contribution >= 4 is 0 Å². The molecule has 0 saturated carbocycles. The average molecular weight is 189 g/mol. The number of rotatable bonds is 3. The maximum Gasteiger partial charge on any atom is 0.122 e. The number of hydrogen-bond donors (Lipinski definition) is 0. The van der Waals surface area contributed by atoms with Gasteiger partial charge in [-0.05, 0) is 42.9 Å². The molecule has 1 aliphatic rings. The zero-order valence-corrected chi connectivity index (χ0v) is 8.59. The summed E-state index contributed by atoms with van der Waals surface area (Å²) in [5.41, 5.74) is 2.82. The Labute approximate surface area is 86.1 Å². The van der Waals surface area contributed by atoms with Crippen molar-refractivity contribution in [2.24, 2.45) is 0 Å². The molecule has 1 heterocycles. The Balaban J connectivity index is 2.12. The predicted octanol–water partition coefficient (Wildman–Crippen LogP) is 3.17. The van der Waals surface area contributed by atoms with E-state index in [-0.39, 0.29) is 0 Å². The van der Waals surface area contributed by atoms with E-state index < -0.39 is 0 Å². The molecule has 0 amide bonds. The summed E-state index contributed by atoms with van der Waals surface area (Å²) in [7, 11) is 0. The van der Waals surface area contributed by atoms with E-state index in [0.717, 1.165) is 31.6 Å². The summed E-state index contributed by atoms with van der Waals surface area (Å²) in [6, 6.07) is 6.59. The van der Waals surface area contributed by atoms with E-state index in [4.69, 9.17) is 4.74 Å². The molecular formula is C13H17O. The number of aryl methyl sites for hydroxylation is 2. The third-order valence-corrected chi connectivity index (χ3v) is 2.69. The highest BCUT2D eigenvalue weighted by atomic mass is 16.5. The van der Waals surface area contributed by atoms with Gasteiger partial charge in [0.2, 0.25) is 0 Å². The first kappa shape index (κ1) is 9.57. The Morgan fingerprint density at radius 2 is 2.29 bits per heavy atom. The molecule has 1 aromatic carbocycles. The topological polar surface area (TPSA) is 9.23 Å². The molecule has 0 aromatic heterocycles. The second-order valence-electron chi connectivity index (χ2n) is 3.85. The molecule has 1 aliphatic heterocycles. The van der Waals surface area contributed by atoms with E-state index in [1.807, 2.05) is 0 Å².